The molecule has 0 aromatic carbocycles. The zero-order valence-corrected chi connectivity index (χ0v) is 29.0. The Labute approximate surface area is 295 Å². The average Bonchev–Trinajstić information content (AvgIpc) is 2.79. The first kappa shape index (κ1) is 61.9. The molecule has 0 spiro atoms. The fourth-order valence-electron chi connectivity index (χ4n) is 1.11. The maximum atomic E-state index is 11.8. The molecule has 0 radical (unpaired) electrons. The third kappa shape index (κ3) is 13.1. The van der Waals surface area contributed by atoms with Crippen molar-refractivity contribution < 1.29 is 166 Å². The van der Waals surface area contributed by atoms with Gasteiger partial charge in [-0.1, -0.05) is 0 Å². The third-order valence-electron chi connectivity index (χ3n) is 3.76. The smallest absolute Gasteiger partial charge is 0.743 e. The molecule has 43 heteroatoms. The Kier molecular flexibility index (Phi) is 19.4. The molecule has 0 aromatic rings. The summed E-state index contributed by atoms with van der Waals surface area (Å²) in [5, 5.41) is -26.3. The monoisotopic (exact) mass is 1060 g/mol. The van der Waals surface area contributed by atoms with Gasteiger partial charge in [-0.2, -0.15) is 123 Å². The topological polar surface area (TPSA) is 226 Å². The Bertz CT molecular complexity index is 1530. The van der Waals surface area contributed by atoms with Gasteiger partial charge in [-0.15, -0.1) is 0 Å². The summed E-state index contributed by atoms with van der Waals surface area (Å²) in [7, 11) is -27.7. The van der Waals surface area contributed by atoms with E-state index in [2.05, 4.69) is 0 Å². The molecule has 12 nitrogen and oxygen atoms in total. The van der Waals surface area contributed by atoms with E-state index in [0.29, 0.717) is 0 Å². The first-order chi connectivity index (χ1) is 21.8. The van der Waals surface area contributed by atoms with Crippen LogP contribution < -0.4 is 0 Å². The van der Waals surface area contributed by atoms with Crippen LogP contribution in [-0.2, 0) is 40.5 Å². The summed E-state index contributed by atoms with van der Waals surface area (Å²) in [5.41, 5.74) is 0. The van der Waals surface area contributed by atoms with Crippen LogP contribution in [0.1, 0.15) is 0 Å². The molecule has 0 bridgehead atoms. The molecular weight excluding hydrogens is 1060 g/mol. The van der Waals surface area contributed by atoms with Crippen molar-refractivity contribution in [2.24, 2.45) is 0 Å². The zero-order chi connectivity index (χ0) is 45.5. The van der Waals surface area contributed by atoms with E-state index in [4.69, 9.17) is 4.55 Å². The van der Waals surface area contributed by atoms with Gasteiger partial charge in [0.25, 0.3) is 0 Å². The molecule has 326 valence electrons. The van der Waals surface area contributed by atoms with Gasteiger partial charge in [0, 0.05) is 0 Å². The minimum atomic E-state index is -7.10. The van der Waals surface area contributed by atoms with Crippen molar-refractivity contribution in [1.82, 2.24) is 0 Å². The first-order valence-corrected chi connectivity index (χ1v) is 15.2. The number of alkyl halides is 26. The molecule has 1 N–H and O–H groups in total. The van der Waals surface area contributed by atoms with Crippen LogP contribution in [0.15, 0.2) is 0 Å². The Morgan fingerprint density at radius 2 is 0.426 bits per heavy atom. The average molecular weight is 1060 g/mol. The van der Waals surface area contributed by atoms with E-state index in [-0.39, 0.29) is 25.8 Å². The zero-order valence-electron chi connectivity index (χ0n) is 22.5. The summed E-state index contributed by atoms with van der Waals surface area (Å²) in [5.74, 6) is -20.7. The molecular formula is C11HF26InO12S4. The van der Waals surface area contributed by atoms with E-state index in [1.165, 1.54) is 0 Å². The predicted molar refractivity (Wildman–Crippen MR) is 105 cm³/mol. The standard InChI is InChI=1S/3C3HF7O3S.C2HF5O3S.In/c3*4-1(5,2(6,7)8)3(9,10)14(11,12)13;3-1(4,5)2(6,7)11(8,9)10;/h3*(H,11,12,13);(H,8,9,10);/q;;;;+3/p-3. The van der Waals surface area contributed by atoms with Crippen LogP contribution in [0.2, 0.25) is 0 Å². The van der Waals surface area contributed by atoms with Crippen molar-refractivity contribution in [2.75, 3.05) is 0 Å². The molecule has 0 saturated heterocycles. The van der Waals surface area contributed by atoms with Crippen molar-refractivity contribution in [3.63, 3.8) is 0 Å². The van der Waals surface area contributed by atoms with Gasteiger partial charge >= 0.3 is 99.5 Å². The predicted octanol–water partition coefficient (Wildman–Crippen LogP) is 4.61. The van der Waals surface area contributed by atoms with E-state index >= 15 is 0 Å². The summed E-state index contributed by atoms with van der Waals surface area (Å²) in [4.78, 5) is 0. The second-order valence-corrected chi connectivity index (χ2v) is 13.3. The van der Waals surface area contributed by atoms with Crippen LogP contribution in [0.3, 0.4) is 0 Å². The van der Waals surface area contributed by atoms with Crippen LogP contribution in [0.4, 0.5) is 114 Å². The summed E-state index contributed by atoms with van der Waals surface area (Å²) < 4.78 is 410. The summed E-state index contributed by atoms with van der Waals surface area (Å²) >= 11 is 0. The minimum Gasteiger partial charge on any atom is -0.743 e. The van der Waals surface area contributed by atoms with Gasteiger partial charge in [-0.05, 0) is 0 Å². The van der Waals surface area contributed by atoms with E-state index < -0.39 is 104 Å². The summed E-state index contributed by atoms with van der Waals surface area (Å²) in [6.07, 6.45) is -26.8. The minimum absolute atomic E-state index is 0. The largest absolute Gasteiger partial charge is 3.00 e. The quantitative estimate of drug-likeness (QED) is 0.273. The van der Waals surface area contributed by atoms with Gasteiger partial charge in [0.1, 0.15) is 0 Å². The normalized spacial score (nSPS) is 15.3. The van der Waals surface area contributed by atoms with Crippen molar-refractivity contribution in [1.29, 1.82) is 0 Å². The summed E-state index contributed by atoms with van der Waals surface area (Å²) in [6, 6.07) is 0. The molecule has 0 fully saturated rings. The van der Waals surface area contributed by atoms with E-state index in [1.54, 1.807) is 0 Å². The Morgan fingerprint density at radius 3 is 0.444 bits per heavy atom. The number of hydrogen-bond donors (Lipinski definition) is 1. The van der Waals surface area contributed by atoms with Crippen LogP contribution in [-0.4, -0.2) is 141 Å². The van der Waals surface area contributed by atoms with Crippen molar-refractivity contribution in [3.8, 4) is 0 Å². The van der Waals surface area contributed by atoms with Gasteiger partial charge in [-0.25, -0.2) is 25.3 Å². The fraction of sp³-hybridized carbons (Fsp3) is 1.00. The molecule has 0 aliphatic heterocycles. The molecule has 0 aliphatic carbocycles. The molecule has 0 aromatic heterocycles. The van der Waals surface area contributed by atoms with Crippen molar-refractivity contribution in [2.45, 2.75) is 63.5 Å². The van der Waals surface area contributed by atoms with Gasteiger partial charge < -0.3 is 13.7 Å². The van der Waals surface area contributed by atoms with Gasteiger partial charge in [0.05, 0.1) is 0 Å². The Morgan fingerprint density at radius 1 is 0.296 bits per heavy atom. The Balaban J connectivity index is -0.000000197. The second kappa shape index (κ2) is 16.9. The van der Waals surface area contributed by atoms with Crippen LogP contribution >= 0.6 is 0 Å². The first-order valence-electron chi connectivity index (χ1n) is 9.50. The molecule has 0 saturated carbocycles. The van der Waals surface area contributed by atoms with Crippen LogP contribution in [0, 0.1) is 0 Å². The molecule has 0 aliphatic rings. The SMILES string of the molecule is O=S(=O)(O)C(F)(F)C(F)(F)F.O=S(=O)([O-])C(F)(F)C(F)(F)C(F)(F)F.O=S(=O)([O-])C(F)(F)C(F)(F)C(F)(F)F.O=S(=O)([O-])C(F)(F)C(F)(F)C(F)(F)F.[In+3]. The van der Waals surface area contributed by atoms with Gasteiger partial charge in [0.15, 0.2) is 30.4 Å². The number of hydrogen-bond acceptors (Lipinski definition) is 11. The second-order valence-electron chi connectivity index (χ2n) is 7.62. The molecule has 0 atom stereocenters. The van der Waals surface area contributed by atoms with Crippen molar-refractivity contribution in [3.05, 3.63) is 0 Å². The molecule has 0 unspecified atom stereocenters. The van der Waals surface area contributed by atoms with E-state index in [0.717, 1.165) is 0 Å². The Hall–Kier alpha value is -1.31. The number of halogens is 26. The maximum absolute atomic E-state index is 11.8. The molecule has 0 rings (SSSR count). The number of rotatable bonds is 7. The van der Waals surface area contributed by atoms with E-state index in [9.17, 15) is 161 Å². The van der Waals surface area contributed by atoms with E-state index in [1.807, 2.05) is 0 Å². The maximum Gasteiger partial charge on any atom is 3.00 e. The van der Waals surface area contributed by atoms with Gasteiger partial charge in [0.2, 0.25) is 0 Å². The van der Waals surface area contributed by atoms with Crippen LogP contribution in [0.25, 0.3) is 0 Å². The summed E-state index contributed by atoms with van der Waals surface area (Å²) in [6.45, 7) is 0. The molecule has 54 heavy (non-hydrogen) atoms. The van der Waals surface area contributed by atoms with Gasteiger partial charge in [-0.3, -0.25) is 4.55 Å². The molecule has 0 amide bonds. The third-order valence-corrected chi connectivity index (χ3v) is 7.29. The molecule has 0 heterocycles. The van der Waals surface area contributed by atoms with Crippen LogP contribution in [0.5, 0.6) is 0 Å². The fourth-order valence-corrected chi connectivity index (χ4v) is 2.69. The van der Waals surface area contributed by atoms with Crippen molar-refractivity contribution >= 4 is 66.3 Å².